The Hall–Kier alpha value is -1.55. The molecular weight excluding hydrogens is 290 g/mol. The van der Waals surface area contributed by atoms with Gasteiger partial charge in [0.05, 0.1) is 17.7 Å². The average molecular weight is 312 g/mol. The lowest BCUT2D eigenvalue weighted by molar-refractivity contribution is -0.116. The number of ketones is 1. The van der Waals surface area contributed by atoms with Crippen LogP contribution >= 0.6 is 11.6 Å². The molecule has 1 aromatic carbocycles. The maximum atomic E-state index is 11.9. The minimum Gasteiger partial charge on any atom is -0.492 e. The van der Waals surface area contributed by atoms with Crippen LogP contribution in [0.15, 0.2) is 18.2 Å². The van der Waals surface area contributed by atoms with Crippen LogP contribution in [0.1, 0.15) is 50.4 Å². The molecular formula is C16H22ClNO3. The van der Waals surface area contributed by atoms with E-state index in [1.54, 1.807) is 25.1 Å². The quantitative estimate of drug-likeness (QED) is 0.582. The number of halogens is 1. The summed E-state index contributed by atoms with van der Waals surface area (Å²) in [6.45, 7) is 5.96. The van der Waals surface area contributed by atoms with Gasteiger partial charge in [-0.05, 0) is 38.5 Å². The van der Waals surface area contributed by atoms with E-state index in [0.717, 1.165) is 12.8 Å². The van der Waals surface area contributed by atoms with E-state index in [9.17, 15) is 9.59 Å². The molecule has 0 saturated carbocycles. The topological polar surface area (TPSA) is 55.4 Å². The molecule has 1 unspecified atom stereocenters. The maximum absolute atomic E-state index is 11.9. The molecule has 4 nitrogen and oxygen atoms in total. The van der Waals surface area contributed by atoms with Crippen LogP contribution in [-0.4, -0.2) is 23.7 Å². The molecule has 0 heterocycles. The Morgan fingerprint density at radius 2 is 2.05 bits per heavy atom. The van der Waals surface area contributed by atoms with Crippen molar-refractivity contribution in [3.63, 3.8) is 0 Å². The summed E-state index contributed by atoms with van der Waals surface area (Å²) >= 11 is 5.81. The highest BCUT2D eigenvalue weighted by Crippen LogP contribution is 2.27. The number of amides is 1. The Labute approximate surface area is 130 Å². The normalized spacial score (nSPS) is 11.8. The third kappa shape index (κ3) is 5.38. The minimum absolute atomic E-state index is 0.0532. The second-order valence-corrected chi connectivity index (χ2v) is 5.43. The predicted molar refractivity (Wildman–Crippen MR) is 85.4 cm³/mol. The van der Waals surface area contributed by atoms with E-state index in [2.05, 4.69) is 5.32 Å². The summed E-state index contributed by atoms with van der Waals surface area (Å²) in [6, 6.07) is 4.96. The second kappa shape index (κ2) is 8.67. The smallest absolute Gasteiger partial charge is 0.224 e. The molecule has 1 atom stereocenters. The predicted octanol–water partition coefficient (Wildman–Crippen LogP) is 4.02. The van der Waals surface area contributed by atoms with E-state index < -0.39 is 5.38 Å². The molecule has 0 aliphatic rings. The number of carbonyl (C=O) groups is 2. The number of anilines is 1. The number of ether oxygens (including phenoxy) is 1. The van der Waals surface area contributed by atoms with Crippen molar-refractivity contribution in [2.75, 3.05) is 11.9 Å². The van der Waals surface area contributed by atoms with Crippen molar-refractivity contribution in [3.05, 3.63) is 23.8 Å². The molecule has 0 aliphatic carbocycles. The zero-order valence-corrected chi connectivity index (χ0v) is 13.5. The zero-order valence-electron chi connectivity index (χ0n) is 12.7. The van der Waals surface area contributed by atoms with Crippen LogP contribution in [0.3, 0.4) is 0 Å². The van der Waals surface area contributed by atoms with Crippen molar-refractivity contribution in [1.29, 1.82) is 0 Å². The van der Waals surface area contributed by atoms with Crippen molar-refractivity contribution < 1.29 is 14.3 Å². The Morgan fingerprint density at radius 1 is 1.33 bits per heavy atom. The van der Waals surface area contributed by atoms with Crippen LogP contribution in [0.4, 0.5) is 5.69 Å². The molecule has 21 heavy (non-hydrogen) atoms. The number of alkyl halides is 1. The minimum atomic E-state index is -0.593. The van der Waals surface area contributed by atoms with E-state index in [4.69, 9.17) is 16.3 Å². The Balaban J connectivity index is 2.93. The lowest BCUT2D eigenvalue weighted by Crippen LogP contribution is -2.14. The molecule has 0 bridgehead atoms. The molecule has 1 N–H and O–H groups in total. The fourth-order valence-corrected chi connectivity index (χ4v) is 1.96. The first kappa shape index (κ1) is 17.5. The average Bonchev–Trinajstić information content (AvgIpc) is 2.46. The standard InChI is InChI=1S/C16H22ClNO3/c1-4-6-7-15(19)18-13-9-8-12(16(20)11(3)17)10-14(13)21-5-2/h8-11H,4-7H2,1-3H3,(H,18,19). The van der Waals surface area contributed by atoms with Crippen LogP contribution in [0.2, 0.25) is 0 Å². The molecule has 0 spiro atoms. The third-order valence-electron chi connectivity index (χ3n) is 2.96. The molecule has 0 aromatic heterocycles. The van der Waals surface area contributed by atoms with Gasteiger partial charge in [0.1, 0.15) is 5.75 Å². The summed E-state index contributed by atoms with van der Waals surface area (Å²) in [4.78, 5) is 23.7. The number of rotatable bonds is 8. The Morgan fingerprint density at radius 3 is 2.62 bits per heavy atom. The van der Waals surface area contributed by atoms with Gasteiger partial charge in [-0.1, -0.05) is 13.3 Å². The first-order valence-electron chi connectivity index (χ1n) is 7.24. The highest BCUT2D eigenvalue weighted by molar-refractivity contribution is 6.33. The number of hydrogen-bond donors (Lipinski definition) is 1. The molecule has 1 aromatic rings. The summed E-state index contributed by atoms with van der Waals surface area (Å²) in [5.41, 5.74) is 1.06. The largest absolute Gasteiger partial charge is 0.492 e. The first-order chi connectivity index (χ1) is 9.99. The van der Waals surface area contributed by atoms with Gasteiger partial charge in [-0.3, -0.25) is 9.59 Å². The van der Waals surface area contributed by atoms with Gasteiger partial charge >= 0.3 is 0 Å². The highest BCUT2D eigenvalue weighted by atomic mass is 35.5. The summed E-state index contributed by atoms with van der Waals surface area (Å²) in [6.07, 6.45) is 2.28. The zero-order chi connectivity index (χ0) is 15.8. The first-order valence-corrected chi connectivity index (χ1v) is 7.68. The van der Waals surface area contributed by atoms with E-state index >= 15 is 0 Å². The van der Waals surface area contributed by atoms with E-state index in [1.807, 2.05) is 13.8 Å². The molecule has 0 radical (unpaired) electrons. The van der Waals surface area contributed by atoms with Crippen molar-refractivity contribution in [2.24, 2.45) is 0 Å². The molecule has 1 amide bonds. The van der Waals surface area contributed by atoms with Crippen LogP contribution in [0.25, 0.3) is 0 Å². The number of benzene rings is 1. The van der Waals surface area contributed by atoms with Crippen molar-refractivity contribution >= 4 is 29.0 Å². The van der Waals surface area contributed by atoms with Crippen molar-refractivity contribution in [2.45, 2.75) is 45.4 Å². The lowest BCUT2D eigenvalue weighted by Gasteiger charge is -2.13. The molecule has 1 rings (SSSR count). The number of unbranched alkanes of at least 4 members (excludes halogenated alkanes) is 1. The van der Waals surface area contributed by atoms with Gasteiger partial charge in [0.2, 0.25) is 5.91 Å². The van der Waals surface area contributed by atoms with Crippen LogP contribution in [0, 0.1) is 0 Å². The SMILES string of the molecule is CCCCC(=O)Nc1ccc(C(=O)C(C)Cl)cc1OCC. The summed E-state index contributed by atoms with van der Waals surface area (Å²) in [5, 5.41) is 2.22. The fraction of sp³-hybridized carbons (Fsp3) is 0.500. The lowest BCUT2D eigenvalue weighted by atomic mass is 10.1. The van der Waals surface area contributed by atoms with Gasteiger partial charge in [-0.25, -0.2) is 0 Å². The number of nitrogens with one attached hydrogen (secondary N) is 1. The number of Topliss-reactive ketones (excluding diaryl/α,β-unsaturated/α-hetero) is 1. The van der Waals surface area contributed by atoms with Gasteiger partial charge in [-0.15, -0.1) is 11.6 Å². The Kier molecular flexibility index (Phi) is 7.23. The van der Waals surface area contributed by atoms with Gasteiger partial charge in [0.25, 0.3) is 0 Å². The molecule has 0 fully saturated rings. The summed E-state index contributed by atoms with van der Waals surface area (Å²) in [5.74, 6) is 0.273. The van der Waals surface area contributed by atoms with Gasteiger partial charge in [0.15, 0.2) is 5.78 Å². The van der Waals surface area contributed by atoms with E-state index in [0.29, 0.717) is 30.0 Å². The van der Waals surface area contributed by atoms with Crippen molar-refractivity contribution in [1.82, 2.24) is 0 Å². The van der Waals surface area contributed by atoms with Gasteiger partial charge in [-0.2, -0.15) is 0 Å². The van der Waals surface area contributed by atoms with Crippen LogP contribution < -0.4 is 10.1 Å². The monoisotopic (exact) mass is 311 g/mol. The van der Waals surface area contributed by atoms with E-state index in [1.165, 1.54) is 0 Å². The molecule has 0 saturated heterocycles. The summed E-state index contributed by atoms with van der Waals surface area (Å²) < 4.78 is 5.50. The second-order valence-electron chi connectivity index (χ2n) is 4.78. The van der Waals surface area contributed by atoms with Crippen molar-refractivity contribution in [3.8, 4) is 5.75 Å². The van der Waals surface area contributed by atoms with Crippen LogP contribution in [-0.2, 0) is 4.79 Å². The number of hydrogen-bond acceptors (Lipinski definition) is 3. The highest BCUT2D eigenvalue weighted by Gasteiger charge is 2.15. The molecule has 116 valence electrons. The maximum Gasteiger partial charge on any atom is 0.224 e. The molecule has 5 heteroatoms. The van der Waals surface area contributed by atoms with E-state index in [-0.39, 0.29) is 11.7 Å². The van der Waals surface area contributed by atoms with Gasteiger partial charge in [0, 0.05) is 12.0 Å². The van der Waals surface area contributed by atoms with Crippen LogP contribution in [0.5, 0.6) is 5.75 Å². The fourth-order valence-electron chi connectivity index (χ4n) is 1.83. The number of carbonyl (C=O) groups excluding carboxylic acids is 2. The Bertz CT molecular complexity index is 500. The van der Waals surface area contributed by atoms with Gasteiger partial charge < -0.3 is 10.1 Å². The summed E-state index contributed by atoms with van der Waals surface area (Å²) in [7, 11) is 0. The third-order valence-corrected chi connectivity index (χ3v) is 3.16. The molecule has 0 aliphatic heterocycles.